The maximum absolute atomic E-state index is 12.7. The van der Waals surface area contributed by atoms with Crippen LogP contribution in [0.15, 0.2) is 0 Å². The number of likely N-dealkylation sites (tertiary alicyclic amines) is 1. The van der Waals surface area contributed by atoms with Crippen molar-refractivity contribution in [2.75, 3.05) is 6.54 Å². The summed E-state index contributed by atoms with van der Waals surface area (Å²) in [6.07, 6.45) is 5.48. The first kappa shape index (κ1) is 13.9. The van der Waals surface area contributed by atoms with Crippen LogP contribution in [0.4, 0.5) is 0 Å². The Labute approximate surface area is 111 Å². The predicted octanol–water partition coefficient (Wildman–Crippen LogP) is 2.40. The summed E-state index contributed by atoms with van der Waals surface area (Å²) in [7, 11) is 0. The summed E-state index contributed by atoms with van der Waals surface area (Å²) in [4.78, 5) is 14.9. The Kier molecular flexibility index (Phi) is 4.31. The third-order valence-electron chi connectivity index (χ3n) is 4.95. The standard InChI is InChI=1S/C15H28N2O/c1-10-4-6-12(3)17(9-10)15(18)14-8-13(16)7-5-11(14)2/h10-14H,4-9,16H2,1-3H3. The molecule has 0 radical (unpaired) electrons. The Morgan fingerprint density at radius 2 is 1.83 bits per heavy atom. The first-order valence-electron chi connectivity index (χ1n) is 7.55. The lowest BCUT2D eigenvalue weighted by Crippen LogP contribution is -2.50. The van der Waals surface area contributed by atoms with Crippen molar-refractivity contribution in [2.24, 2.45) is 23.5 Å². The van der Waals surface area contributed by atoms with Crippen LogP contribution in [0.3, 0.4) is 0 Å². The van der Waals surface area contributed by atoms with Gasteiger partial charge in [-0.15, -0.1) is 0 Å². The van der Waals surface area contributed by atoms with Crippen molar-refractivity contribution in [1.29, 1.82) is 0 Å². The van der Waals surface area contributed by atoms with Gasteiger partial charge in [-0.3, -0.25) is 4.79 Å². The van der Waals surface area contributed by atoms with E-state index in [4.69, 9.17) is 5.73 Å². The molecular formula is C15H28N2O. The van der Waals surface area contributed by atoms with E-state index in [1.165, 1.54) is 6.42 Å². The van der Waals surface area contributed by atoms with Crippen molar-refractivity contribution in [3.05, 3.63) is 0 Å². The van der Waals surface area contributed by atoms with Gasteiger partial charge < -0.3 is 10.6 Å². The zero-order valence-electron chi connectivity index (χ0n) is 12.1. The number of nitrogens with zero attached hydrogens (tertiary/aromatic N) is 1. The topological polar surface area (TPSA) is 46.3 Å². The smallest absolute Gasteiger partial charge is 0.226 e. The molecule has 1 heterocycles. The molecule has 5 atom stereocenters. The van der Waals surface area contributed by atoms with E-state index < -0.39 is 0 Å². The Balaban J connectivity index is 2.04. The van der Waals surface area contributed by atoms with Crippen molar-refractivity contribution in [2.45, 2.75) is 65.0 Å². The number of amides is 1. The average Bonchev–Trinajstić information content (AvgIpc) is 2.34. The summed E-state index contributed by atoms with van der Waals surface area (Å²) in [5, 5.41) is 0. The number of rotatable bonds is 1. The molecule has 104 valence electrons. The first-order valence-corrected chi connectivity index (χ1v) is 7.55. The van der Waals surface area contributed by atoms with E-state index in [-0.39, 0.29) is 12.0 Å². The molecule has 2 fully saturated rings. The van der Waals surface area contributed by atoms with Gasteiger partial charge >= 0.3 is 0 Å². The zero-order chi connectivity index (χ0) is 13.3. The van der Waals surface area contributed by atoms with Gasteiger partial charge in [0.05, 0.1) is 0 Å². The molecule has 3 nitrogen and oxygen atoms in total. The Bertz CT molecular complexity index is 277. The van der Waals surface area contributed by atoms with Crippen molar-refractivity contribution < 1.29 is 4.79 Å². The maximum Gasteiger partial charge on any atom is 0.226 e. The van der Waals surface area contributed by atoms with E-state index in [0.29, 0.717) is 23.8 Å². The summed E-state index contributed by atoms with van der Waals surface area (Å²) in [5.41, 5.74) is 6.05. The highest BCUT2D eigenvalue weighted by atomic mass is 16.2. The molecule has 1 amide bonds. The lowest BCUT2D eigenvalue weighted by Gasteiger charge is -2.41. The molecule has 1 aliphatic heterocycles. The summed E-state index contributed by atoms with van der Waals surface area (Å²) < 4.78 is 0. The highest BCUT2D eigenvalue weighted by molar-refractivity contribution is 5.79. The monoisotopic (exact) mass is 252 g/mol. The van der Waals surface area contributed by atoms with Crippen LogP contribution in [0.2, 0.25) is 0 Å². The highest BCUT2D eigenvalue weighted by Crippen LogP contribution is 2.33. The first-order chi connectivity index (χ1) is 8.49. The van der Waals surface area contributed by atoms with Gasteiger partial charge in [-0.25, -0.2) is 0 Å². The minimum Gasteiger partial charge on any atom is -0.339 e. The van der Waals surface area contributed by atoms with Gasteiger partial charge in [-0.1, -0.05) is 13.8 Å². The SMILES string of the molecule is CC1CCC(C)N(C(=O)C2CC(N)CCC2C)C1. The molecule has 2 N–H and O–H groups in total. The lowest BCUT2D eigenvalue weighted by atomic mass is 9.77. The van der Waals surface area contributed by atoms with E-state index in [0.717, 1.165) is 32.2 Å². The predicted molar refractivity (Wildman–Crippen MR) is 74.1 cm³/mol. The molecule has 2 aliphatic rings. The van der Waals surface area contributed by atoms with Crippen molar-refractivity contribution in [1.82, 2.24) is 4.90 Å². The third-order valence-corrected chi connectivity index (χ3v) is 4.95. The molecule has 0 aromatic rings. The zero-order valence-corrected chi connectivity index (χ0v) is 12.1. The second kappa shape index (κ2) is 5.60. The normalized spacial score (nSPS) is 41.8. The Hall–Kier alpha value is -0.570. The quantitative estimate of drug-likeness (QED) is 0.779. The fourth-order valence-corrected chi connectivity index (χ4v) is 3.51. The summed E-state index contributed by atoms with van der Waals surface area (Å²) in [6, 6.07) is 0.645. The molecular weight excluding hydrogens is 224 g/mol. The van der Waals surface area contributed by atoms with E-state index in [1.807, 2.05) is 0 Å². The van der Waals surface area contributed by atoms with Gasteiger partial charge in [-0.05, 0) is 50.9 Å². The highest BCUT2D eigenvalue weighted by Gasteiger charge is 2.37. The van der Waals surface area contributed by atoms with Crippen molar-refractivity contribution >= 4 is 5.91 Å². The fourth-order valence-electron chi connectivity index (χ4n) is 3.51. The van der Waals surface area contributed by atoms with Crippen LogP contribution < -0.4 is 5.73 Å². The van der Waals surface area contributed by atoms with Gasteiger partial charge in [0.1, 0.15) is 0 Å². The van der Waals surface area contributed by atoms with Gasteiger partial charge in [0.25, 0.3) is 0 Å². The molecule has 0 bridgehead atoms. The van der Waals surface area contributed by atoms with Crippen LogP contribution in [0.25, 0.3) is 0 Å². The van der Waals surface area contributed by atoms with Gasteiger partial charge in [0.2, 0.25) is 5.91 Å². The van der Waals surface area contributed by atoms with Crippen LogP contribution in [0, 0.1) is 17.8 Å². The molecule has 0 aromatic heterocycles. The maximum atomic E-state index is 12.7. The van der Waals surface area contributed by atoms with Crippen LogP contribution in [0.1, 0.15) is 52.9 Å². The largest absolute Gasteiger partial charge is 0.339 e. The molecule has 18 heavy (non-hydrogen) atoms. The van der Waals surface area contributed by atoms with Crippen LogP contribution in [-0.2, 0) is 4.79 Å². The van der Waals surface area contributed by atoms with Gasteiger partial charge in [0.15, 0.2) is 0 Å². The van der Waals surface area contributed by atoms with Crippen LogP contribution in [-0.4, -0.2) is 29.4 Å². The summed E-state index contributed by atoms with van der Waals surface area (Å²) >= 11 is 0. The minimum absolute atomic E-state index is 0.168. The number of hydrogen-bond donors (Lipinski definition) is 1. The van der Waals surface area contributed by atoms with Gasteiger partial charge in [0, 0.05) is 24.5 Å². The second-order valence-electron chi connectivity index (χ2n) is 6.68. The average molecular weight is 252 g/mol. The Morgan fingerprint density at radius 3 is 2.56 bits per heavy atom. The van der Waals surface area contributed by atoms with E-state index >= 15 is 0 Å². The van der Waals surface area contributed by atoms with Crippen molar-refractivity contribution in [3.8, 4) is 0 Å². The number of nitrogens with two attached hydrogens (primary N) is 1. The molecule has 0 aromatic carbocycles. The van der Waals surface area contributed by atoms with Crippen molar-refractivity contribution in [3.63, 3.8) is 0 Å². The number of carbonyl (C=O) groups excluding carboxylic acids is 1. The number of carbonyl (C=O) groups is 1. The van der Waals surface area contributed by atoms with E-state index in [1.54, 1.807) is 0 Å². The number of piperidine rings is 1. The summed E-state index contributed by atoms with van der Waals surface area (Å²) in [6.45, 7) is 7.60. The molecule has 0 spiro atoms. The molecule has 1 aliphatic carbocycles. The number of hydrogen-bond acceptors (Lipinski definition) is 2. The van der Waals surface area contributed by atoms with E-state index in [2.05, 4.69) is 25.7 Å². The fraction of sp³-hybridized carbons (Fsp3) is 0.933. The summed E-state index contributed by atoms with van der Waals surface area (Å²) in [5.74, 6) is 1.69. The van der Waals surface area contributed by atoms with Crippen LogP contribution >= 0.6 is 0 Å². The second-order valence-corrected chi connectivity index (χ2v) is 6.68. The molecule has 5 unspecified atom stereocenters. The van der Waals surface area contributed by atoms with Gasteiger partial charge in [-0.2, -0.15) is 0 Å². The minimum atomic E-state index is 0.168. The molecule has 1 saturated heterocycles. The third kappa shape index (κ3) is 2.87. The molecule has 2 rings (SSSR count). The molecule has 1 saturated carbocycles. The molecule has 3 heteroatoms. The lowest BCUT2D eigenvalue weighted by molar-refractivity contribution is -0.142. The Morgan fingerprint density at radius 1 is 1.11 bits per heavy atom. The van der Waals surface area contributed by atoms with E-state index in [9.17, 15) is 4.79 Å². The van der Waals surface area contributed by atoms with Crippen LogP contribution in [0.5, 0.6) is 0 Å².